The van der Waals surface area contributed by atoms with Gasteiger partial charge in [0.1, 0.15) is 6.54 Å². The topological polar surface area (TPSA) is 196 Å². The lowest BCUT2D eigenvalue weighted by Crippen LogP contribution is -2.41. The molecule has 1 aliphatic rings. The van der Waals surface area contributed by atoms with Gasteiger partial charge in [-0.15, -0.1) is 0 Å². The highest BCUT2D eigenvalue weighted by Gasteiger charge is 2.31. The minimum atomic E-state index is -0.857. The molecule has 1 atom stereocenters. The van der Waals surface area contributed by atoms with Crippen molar-refractivity contribution < 1.29 is 71.7 Å². The van der Waals surface area contributed by atoms with Crippen molar-refractivity contribution in [2.45, 2.75) is 20.8 Å². The Bertz CT molecular complexity index is 927. The molecule has 0 spiro atoms. The first-order valence-corrected chi connectivity index (χ1v) is 16.9. The van der Waals surface area contributed by atoms with Gasteiger partial charge in [-0.05, 0) is 5.41 Å². The fourth-order valence-electron chi connectivity index (χ4n) is 3.92. The molecule has 1 rings (SSSR count). The highest BCUT2D eigenvalue weighted by Crippen LogP contribution is 2.26. The van der Waals surface area contributed by atoms with Crippen molar-refractivity contribution in [1.82, 2.24) is 10.2 Å². The number of nitrogens with zero attached hydrogens (tertiary/aromatic N) is 1. The minimum absolute atomic E-state index is 0.158. The second-order valence-electron chi connectivity index (χ2n) is 11.8. The van der Waals surface area contributed by atoms with E-state index in [1.165, 1.54) is 0 Å². The van der Waals surface area contributed by atoms with Crippen LogP contribution in [-0.2, 0) is 66.5 Å². The van der Waals surface area contributed by atoms with E-state index in [9.17, 15) is 24.3 Å². The summed E-state index contributed by atoms with van der Waals surface area (Å²) in [6, 6.07) is 0. The molecule has 1 heterocycles. The lowest BCUT2D eigenvalue weighted by Gasteiger charge is -2.26. The van der Waals surface area contributed by atoms with Crippen molar-refractivity contribution in [3.8, 4) is 0 Å². The van der Waals surface area contributed by atoms with Crippen LogP contribution in [0.15, 0.2) is 12.2 Å². The van der Waals surface area contributed by atoms with Crippen LogP contribution >= 0.6 is 0 Å². The highest BCUT2D eigenvalue weighted by atomic mass is 16.6. The first-order valence-electron chi connectivity index (χ1n) is 16.9. The number of carboxylic acids is 1. The highest BCUT2D eigenvalue weighted by molar-refractivity contribution is 6.14. The molecular formula is C33H58N2O15. The molecule has 3 amide bonds. The minimum Gasteiger partial charge on any atom is -0.481 e. The van der Waals surface area contributed by atoms with Crippen LogP contribution in [0.1, 0.15) is 20.8 Å². The lowest BCUT2D eigenvalue weighted by molar-refractivity contribution is -0.149. The number of nitrogens with one attached hydrogen (secondary N) is 1. The summed E-state index contributed by atoms with van der Waals surface area (Å²) >= 11 is 0. The third kappa shape index (κ3) is 25.4. The van der Waals surface area contributed by atoms with Crippen molar-refractivity contribution in [2.75, 3.05) is 145 Å². The zero-order chi connectivity index (χ0) is 36.7. The number of hydrogen-bond donors (Lipinski definition) is 2. The van der Waals surface area contributed by atoms with Gasteiger partial charge >= 0.3 is 5.97 Å². The van der Waals surface area contributed by atoms with Crippen LogP contribution in [0.3, 0.4) is 0 Å². The van der Waals surface area contributed by atoms with Gasteiger partial charge in [-0.1, -0.05) is 20.8 Å². The number of carbonyl (C=O) groups is 4. The third-order valence-electron chi connectivity index (χ3n) is 6.75. The van der Waals surface area contributed by atoms with Crippen LogP contribution in [0.2, 0.25) is 0 Å². The molecule has 2 N–H and O–H groups in total. The van der Waals surface area contributed by atoms with Crippen LogP contribution in [0, 0.1) is 11.3 Å². The smallest absolute Gasteiger partial charge is 0.309 e. The van der Waals surface area contributed by atoms with Gasteiger partial charge in [-0.3, -0.25) is 24.1 Å². The van der Waals surface area contributed by atoms with Crippen LogP contribution in [0.25, 0.3) is 0 Å². The van der Waals surface area contributed by atoms with E-state index in [0.29, 0.717) is 119 Å². The number of amides is 3. The van der Waals surface area contributed by atoms with Gasteiger partial charge in [0.2, 0.25) is 5.91 Å². The van der Waals surface area contributed by atoms with Crippen molar-refractivity contribution in [1.29, 1.82) is 0 Å². The Morgan fingerprint density at radius 2 is 0.880 bits per heavy atom. The summed E-state index contributed by atoms with van der Waals surface area (Å²) in [5, 5.41) is 11.9. The van der Waals surface area contributed by atoms with Crippen molar-refractivity contribution in [3.63, 3.8) is 0 Å². The van der Waals surface area contributed by atoms with E-state index < -0.39 is 29.6 Å². The van der Waals surface area contributed by atoms with Gasteiger partial charge in [-0.25, -0.2) is 0 Å². The number of hydrogen-bond acceptors (Lipinski definition) is 14. The second kappa shape index (κ2) is 30.1. The number of carbonyl (C=O) groups excluding carboxylic acids is 3. The van der Waals surface area contributed by atoms with E-state index in [2.05, 4.69) is 5.32 Å². The predicted molar refractivity (Wildman–Crippen MR) is 178 cm³/mol. The molecule has 0 aromatic carbocycles. The lowest BCUT2D eigenvalue weighted by atomic mass is 9.81. The summed E-state index contributed by atoms with van der Waals surface area (Å²) in [4.78, 5) is 46.8. The van der Waals surface area contributed by atoms with E-state index in [-0.39, 0.29) is 31.7 Å². The molecule has 17 nitrogen and oxygen atoms in total. The van der Waals surface area contributed by atoms with Gasteiger partial charge in [-0.2, -0.15) is 0 Å². The standard InChI is InChI=1S/C33H58N2O15/c1-33(2,3)28(32(39)40)27-50-25-24-49-23-22-48-21-20-47-19-18-46-17-16-45-15-14-44-13-12-43-11-10-42-9-8-41-7-6-34-29(36)26-35-30(37)4-5-31(35)38/h4-5,28H,6-27H2,1-3H3,(H,34,36)(H,39,40). The molecule has 0 saturated heterocycles. The molecule has 0 bridgehead atoms. The number of aliphatic carboxylic acids is 1. The Morgan fingerprint density at radius 3 is 1.18 bits per heavy atom. The quantitative estimate of drug-likeness (QED) is 0.0652. The van der Waals surface area contributed by atoms with Crippen LogP contribution in [0.4, 0.5) is 0 Å². The monoisotopic (exact) mass is 722 g/mol. The van der Waals surface area contributed by atoms with E-state index in [0.717, 1.165) is 17.1 Å². The second-order valence-corrected chi connectivity index (χ2v) is 11.8. The summed E-state index contributed by atoms with van der Waals surface area (Å²) in [5.41, 5.74) is -0.366. The molecular weight excluding hydrogens is 664 g/mol. The predicted octanol–water partition coefficient (Wildman–Crippen LogP) is -0.0595. The molecule has 0 aliphatic carbocycles. The first kappa shape index (κ1) is 45.4. The number of ether oxygens (including phenoxy) is 10. The van der Waals surface area contributed by atoms with Crippen molar-refractivity contribution in [3.05, 3.63) is 12.2 Å². The molecule has 290 valence electrons. The number of imide groups is 1. The van der Waals surface area contributed by atoms with Gasteiger partial charge in [0.05, 0.1) is 138 Å². The first-order chi connectivity index (χ1) is 24.1. The Hall–Kier alpha value is -2.58. The van der Waals surface area contributed by atoms with Crippen molar-refractivity contribution >= 4 is 23.7 Å². The Labute approximate surface area is 295 Å². The van der Waals surface area contributed by atoms with E-state index >= 15 is 0 Å². The van der Waals surface area contributed by atoms with Crippen LogP contribution in [0.5, 0.6) is 0 Å². The maximum Gasteiger partial charge on any atom is 0.309 e. The summed E-state index contributed by atoms with van der Waals surface area (Å²) in [6.07, 6.45) is 2.27. The molecule has 0 aromatic heterocycles. The maximum atomic E-state index is 11.8. The molecule has 1 aliphatic heterocycles. The summed E-state index contributed by atoms with van der Waals surface area (Å²) in [5.74, 6) is -2.84. The fourth-order valence-corrected chi connectivity index (χ4v) is 3.92. The van der Waals surface area contributed by atoms with Gasteiger partial charge in [0, 0.05) is 18.7 Å². The van der Waals surface area contributed by atoms with Crippen LogP contribution < -0.4 is 5.32 Å². The summed E-state index contributed by atoms with van der Waals surface area (Å²) in [7, 11) is 0. The molecule has 0 aromatic rings. The Balaban J connectivity index is 1.69. The zero-order valence-corrected chi connectivity index (χ0v) is 29.9. The van der Waals surface area contributed by atoms with Crippen LogP contribution in [-0.4, -0.2) is 179 Å². The fraction of sp³-hybridized carbons (Fsp3) is 0.818. The summed E-state index contributed by atoms with van der Waals surface area (Å²) < 4.78 is 54.3. The van der Waals surface area contributed by atoms with E-state index in [1.807, 2.05) is 20.8 Å². The van der Waals surface area contributed by atoms with Crippen molar-refractivity contribution in [2.24, 2.45) is 11.3 Å². The number of rotatable bonds is 35. The SMILES string of the molecule is CC(C)(C)C(COCCOCCOCCOCCOCCOCCOCCOCCOCCOCCNC(=O)CN1C(=O)C=CC1=O)C(=O)O. The average Bonchev–Trinajstić information content (AvgIpc) is 3.38. The van der Waals surface area contributed by atoms with E-state index in [1.54, 1.807) is 0 Å². The largest absolute Gasteiger partial charge is 0.481 e. The Morgan fingerprint density at radius 1 is 0.580 bits per heavy atom. The molecule has 1 unspecified atom stereocenters. The molecule has 0 radical (unpaired) electrons. The molecule has 0 saturated carbocycles. The van der Waals surface area contributed by atoms with Gasteiger partial charge in [0.25, 0.3) is 11.8 Å². The average molecular weight is 723 g/mol. The summed E-state index contributed by atoms with van der Waals surface area (Å²) in [6.45, 7) is 13.7. The molecule has 17 heteroatoms. The third-order valence-corrected chi connectivity index (χ3v) is 6.75. The van der Waals surface area contributed by atoms with E-state index in [4.69, 9.17) is 47.4 Å². The zero-order valence-electron chi connectivity index (χ0n) is 29.9. The van der Waals surface area contributed by atoms with Gasteiger partial charge < -0.3 is 57.8 Å². The maximum absolute atomic E-state index is 11.8. The number of carboxylic acid groups (broad SMARTS) is 1. The van der Waals surface area contributed by atoms with Gasteiger partial charge in [0.15, 0.2) is 0 Å². The molecule has 50 heavy (non-hydrogen) atoms. The normalized spacial score (nSPS) is 13.8. The molecule has 0 fully saturated rings. The Kier molecular flexibility index (Phi) is 27.3.